The Balaban J connectivity index is 1.38. The maximum absolute atomic E-state index is 6.61. The van der Waals surface area contributed by atoms with Crippen LogP contribution in [0, 0.1) is 5.92 Å². The quantitative estimate of drug-likeness (QED) is 0.724. The number of rotatable bonds is 3. The number of nitrogens with zero attached hydrogens (tertiary/aromatic N) is 1. The first kappa shape index (κ1) is 15.3. The van der Waals surface area contributed by atoms with E-state index in [0.29, 0.717) is 12.5 Å². The van der Waals surface area contributed by atoms with Gasteiger partial charge in [0.2, 0.25) is 0 Å². The smallest absolute Gasteiger partial charge is 0.124 e. The van der Waals surface area contributed by atoms with Crippen LogP contribution in [0.15, 0.2) is 53.1 Å². The summed E-state index contributed by atoms with van der Waals surface area (Å²) in [5.41, 5.74) is 3.65. The second kappa shape index (κ2) is 6.08. The van der Waals surface area contributed by atoms with Crippen LogP contribution in [0.2, 0.25) is 0 Å². The molecule has 0 aliphatic carbocycles. The lowest BCUT2D eigenvalue weighted by Crippen LogP contribution is -2.43. The molecule has 0 spiro atoms. The maximum atomic E-state index is 6.61. The molecule has 0 amide bonds. The van der Waals surface area contributed by atoms with Gasteiger partial charge in [-0.05, 0) is 55.6 Å². The van der Waals surface area contributed by atoms with Gasteiger partial charge in [-0.25, -0.2) is 0 Å². The average Bonchev–Trinajstić information content (AvgIpc) is 3.04. The van der Waals surface area contributed by atoms with Crippen molar-refractivity contribution in [1.29, 1.82) is 0 Å². The number of halogens is 1. The van der Waals surface area contributed by atoms with E-state index in [1.165, 1.54) is 42.3 Å². The molecule has 4 heterocycles. The number of ether oxygens (including phenoxy) is 1. The fourth-order valence-electron chi connectivity index (χ4n) is 4.28. The van der Waals surface area contributed by atoms with E-state index in [0.717, 1.165) is 28.4 Å². The van der Waals surface area contributed by atoms with Gasteiger partial charge in [0.25, 0.3) is 0 Å². The van der Waals surface area contributed by atoms with Crippen LogP contribution in [0.1, 0.15) is 12.8 Å². The third-order valence-electron chi connectivity index (χ3n) is 5.67. The van der Waals surface area contributed by atoms with E-state index in [4.69, 9.17) is 16.3 Å². The van der Waals surface area contributed by atoms with E-state index in [1.54, 1.807) is 0 Å². The van der Waals surface area contributed by atoms with Crippen LogP contribution in [0.5, 0.6) is 5.75 Å². The highest BCUT2D eigenvalue weighted by Gasteiger charge is 2.31. The Hall–Kier alpha value is -1.97. The Morgan fingerprint density at radius 3 is 2.68 bits per heavy atom. The van der Waals surface area contributed by atoms with Crippen molar-refractivity contribution in [3.8, 4) is 5.75 Å². The summed E-state index contributed by atoms with van der Waals surface area (Å²) in [6.45, 7) is 3.92. The number of aromatic nitrogens is 1. The molecule has 25 heavy (non-hydrogen) atoms. The number of benzene rings is 2. The van der Waals surface area contributed by atoms with Gasteiger partial charge in [-0.1, -0.05) is 29.8 Å². The van der Waals surface area contributed by atoms with Gasteiger partial charge in [-0.3, -0.25) is 4.90 Å². The van der Waals surface area contributed by atoms with Gasteiger partial charge in [0.1, 0.15) is 12.4 Å². The molecule has 3 aliphatic rings. The van der Waals surface area contributed by atoms with Crippen LogP contribution in [0.25, 0.3) is 21.8 Å². The van der Waals surface area contributed by atoms with E-state index < -0.39 is 0 Å². The second-order valence-corrected chi connectivity index (χ2v) is 7.60. The molecule has 128 valence electrons. The van der Waals surface area contributed by atoms with E-state index in [2.05, 4.69) is 46.3 Å². The highest BCUT2D eigenvalue weighted by atomic mass is 35.5. The average molecular weight is 353 g/mol. The summed E-state index contributed by atoms with van der Waals surface area (Å²) in [5.74, 6) is 1.52. The highest BCUT2D eigenvalue weighted by Crippen LogP contribution is 2.35. The zero-order valence-corrected chi connectivity index (χ0v) is 14.9. The standard InChI is InChI=1S/C21H21ClN2O/c22-19(18-12-24-9-7-14(18)8-10-24)13-25-15-5-6-17-16-3-1-2-4-20(16)23-21(17)11-15/h1-6,11,14,23H,7-10,12-13H2/b19-18-. The van der Waals surface area contributed by atoms with Gasteiger partial charge >= 0.3 is 0 Å². The Morgan fingerprint density at radius 1 is 1.08 bits per heavy atom. The summed E-state index contributed by atoms with van der Waals surface area (Å²) in [6.07, 6.45) is 2.49. The summed E-state index contributed by atoms with van der Waals surface area (Å²) in [6, 6.07) is 14.6. The number of para-hydroxylation sites is 1. The molecule has 2 bridgehead atoms. The topological polar surface area (TPSA) is 28.3 Å². The number of hydrogen-bond donors (Lipinski definition) is 1. The predicted octanol–water partition coefficient (Wildman–Crippen LogP) is 4.92. The minimum atomic E-state index is 0.465. The lowest BCUT2D eigenvalue weighted by molar-refractivity contribution is 0.159. The Labute approximate surface area is 152 Å². The molecule has 4 heteroatoms. The van der Waals surface area contributed by atoms with Crippen molar-refractivity contribution >= 4 is 33.4 Å². The molecule has 0 radical (unpaired) electrons. The van der Waals surface area contributed by atoms with Gasteiger partial charge in [-0.15, -0.1) is 0 Å². The van der Waals surface area contributed by atoms with Crippen LogP contribution >= 0.6 is 11.6 Å². The number of aromatic amines is 1. The van der Waals surface area contributed by atoms with Crippen molar-refractivity contribution in [3.63, 3.8) is 0 Å². The van der Waals surface area contributed by atoms with Crippen LogP contribution in [0.4, 0.5) is 0 Å². The zero-order valence-electron chi connectivity index (χ0n) is 14.1. The molecular weight excluding hydrogens is 332 g/mol. The molecule has 0 atom stereocenters. The normalized spacial score (nSPS) is 24.8. The Kier molecular flexibility index (Phi) is 3.72. The molecule has 1 N–H and O–H groups in total. The van der Waals surface area contributed by atoms with E-state index in [9.17, 15) is 0 Å². The summed E-state index contributed by atoms with van der Waals surface area (Å²) in [7, 11) is 0. The molecule has 3 aliphatic heterocycles. The lowest BCUT2D eigenvalue weighted by atomic mass is 9.83. The van der Waals surface area contributed by atoms with Crippen molar-refractivity contribution in [2.24, 2.45) is 5.92 Å². The molecule has 3 saturated heterocycles. The van der Waals surface area contributed by atoms with Crippen molar-refractivity contribution in [2.45, 2.75) is 12.8 Å². The molecule has 0 unspecified atom stereocenters. The fraction of sp³-hybridized carbons (Fsp3) is 0.333. The van der Waals surface area contributed by atoms with Crippen molar-refractivity contribution in [2.75, 3.05) is 26.2 Å². The van der Waals surface area contributed by atoms with Crippen LogP contribution in [0.3, 0.4) is 0 Å². The lowest BCUT2D eigenvalue weighted by Gasteiger charge is -2.41. The predicted molar refractivity (Wildman–Crippen MR) is 103 cm³/mol. The molecule has 6 rings (SSSR count). The zero-order chi connectivity index (χ0) is 16.8. The second-order valence-electron chi connectivity index (χ2n) is 7.15. The molecule has 2 aromatic carbocycles. The van der Waals surface area contributed by atoms with E-state index >= 15 is 0 Å². The van der Waals surface area contributed by atoms with Gasteiger partial charge in [0.05, 0.1) is 10.5 Å². The van der Waals surface area contributed by atoms with Gasteiger partial charge in [0, 0.05) is 28.9 Å². The highest BCUT2D eigenvalue weighted by molar-refractivity contribution is 6.30. The number of piperidine rings is 3. The van der Waals surface area contributed by atoms with Gasteiger partial charge in [0.15, 0.2) is 0 Å². The minimum Gasteiger partial charge on any atom is -0.488 e. The number of hydrogen-bond acceptors (Lipinski definition) is 2. The third-order valence-corrected chi connectivity index (χ3v) is 6.02. The van der Waals surface area contributed by atoms with E-state index in [1.807, 2.05) is 6.07 Å². The summed E-state index contributed by atoms with van der Waals surface area (Å²) in [5, 5.41) is 3.37. The summed E-state index contributed by atoms with van der Waals surface area (Å²) < 4.78 is 6.00. The summed E-state index contributed by atoms with van der Waals surface area (Å²) >= 11 is 6.61. The first-order chi connectivity index (χ1) is 12.3. The van der Waals surface area contributed by atoms with Gasteiger partial charge in [-0.2, -0.15) is 0 Å². The molecular formula is C21H21ClN2O. The maximum Gasteiger partial charge on any atom is 0.124 e. The summed E-state index contributed by atoms with van der Waals surface area (Å²) in [4.78, 5) is 5.95. The van der Waals surface area contributed by atoms with Crippen molar-refractivity contribution in [1.82, 2.24) is 9.88 Å². The van der Waals surface area contributed by atoms with Crippen LogP contribution in [-0.4, -0.2) is 36.1 Å². The first-order valence-electron chi connectivity index (χ1n) is 9.01. The third kappa shape index (κ3) is 2.72. The largest absolute Gasteiger partial charge is 0.488 e. The van der Waals surface area contributed by atoms with Crippen molar-refractivity contribution < 1.29 is 4.74 Å². The van der Waals surface area contributed by atoms with E-state index in [-0.39, 0.29) is 0 Å². The molecule has 3 aromatic rings. The first-order valence-corrected chi connectivity index (χ1v) is 9.39. The molecule has 0 saturated carbocycles. The fourth-order valence-corrected chi connectivity index (χ4v) is 4.55. The Bertz CT molecular complexity index is 966. The van der Waals surface area contributed by atoms with Gasteiger partial charge < -0.3 is 9.72 Å². The molecule has 1 aromatic heterocycles. The van der Waals surface area contributed by atoms with Crippen molar-refractivity contribution in [3.05, 3.63) is 53.1 Å². The number of fused-ring (bicyclic) bond motifs is 6. The molecule has 3 fully saturated rings. The Morgan fingerprint density at radius 2 is 1.88 bits per heavy atom. The number of H-pyrrole nitrogens is 1. The molecule has 3 nitrogen and oxygen atoms in total. The number of nitrogens with one attached hydrogen (secondary N) is 1. The van der Waals surface area contributed by atoms with Crippen LogP contribution < -0.4 is 4.74 Å². The SMILES string of the molecule is Cl/C(COc1ccc2c(c1)[nH]c1ccccc12)=C1/CN2CCC1CC2. The van der Waals surface area contributed by atoms with Crippen LogP contribution in [-0.2, 0) is 0 Å². The minimum absolute atomic E-state index is 0.465. The monoisotopic (exact) mass is 352 g/mol.